The highest BCUT2D eigenvalue weighted by Crippen LogP contribution is 2.35. The highest BCUT2D eigenvalue weighted by Gasteiger charge is 2.37. The summed E-state index contributed by atoms with van der Waals surface area (Å²) in [6.45, 7) is 2.12. The SMILES string of the molecule is Cc1cccc(C(=O)N2CCN(c3ccc(C#N)c(C(F)(F)F)c3)C(C(N)=O)C2)c1. The Morgan fingerprint density at radius 1 is 1.17 bits per heavy atom. The summed E-state index contributed by atoms with van der Waals surface area (Å²) < 4.78 is 39.9. The first-order valence-corrected chi connectivity index (χ1v) is 9.15. The van der Waals surface area contributed by atoms with E-state index in [1.807, 2.05) is 13.0 Å². The standard InChI is InChI=1S/C21H19F3N4O2/c1-13-3-2-4-14(9-13)20(30)27-7-8-28(18(12-27)19(26)29)16-6-5-15(11-25)17(10-16)21(22,23)24/h2-6,9-10,18H,7-8,12H2,1H3,(H2,26,29). The summed E-state index contributed by atoms with van der Waals surface area (Å²) in [6, 6.07) is 10.8. The van der Waals surface area contributed by atoms with Crippen molar-refractivity contribution < 1.29 is 22.8 Å². The van der Waals surface area contributed by atoms with E-state index in [-0.39, 0.29) is 31.2 Å². The van der Waals surface area contributed by atoms with Gasteiger partial charge in [0.25, 0.3) is 5.91 Å². The van der Waals surface area contributed by atoms with Gasteiger partial charge < -0.3 is 15.5 Å². The zero-order valence-corrected chi connectivity index (χ0v) is 16.1. The molecule has 2 aromatic carbocycles. The number of piperazine rings is 1. The molecule has 9 heteroatoms. The van der Waals surface area contributed by atoms with E-state index >= 15 is 0 Å². The van der Waals surface area contributed by atoms with Crippen molar-refractivity contribution >= 4 is 17.5 Å². The number of rotatable bonds is 3. The van der Waals surface area contributed by atoms with E-state index in [1.165, 1.54) is 21.9 Å². The molecular weight excluding hydrogens is 397 g/mol. The fourth-order valence-electron chi connectivity index (χ4n) is 3.52. The number of nitrogens with two attached hydrogens (primary N) is 1. The van der Waals surface area contributed by atoms with Gasteiger partial charge in [0.2, 0.25) is 5.91 Å². The van der Waals surface area contributed by atoms with E-state index in [2.05, 4.69) is 0 Å². The van der Waals surface area contributed by atoms with Gasteiger partial charge in [0.15, 0.2) is 0 Å². The number of nitriles is 1. The maximum atomic E-state index is 13.3. The van der Waals surface area contributed by atoms with Crippen molar-refractivity contribution in [2.45, 2.75) is 19.1 Å². The van der Waals surface area contributed by atoms with Gasteiger partial charge in [0.1, 0.15) is 6.04 Å². The van der Waals surface area contributed by atoms with Crippen molar-refractivity contribution in [2.75, 3.05) is 24.5 Å². The summed E-state index contributed by atoms with van der Waals surface area (Å²) >= 11 is 0. The molecule has 2 N–H and O–H groups in total. The average Bonchev–Trinajstić information content (AvgIpc) is 2.71. The maximum Gasteiger partial charge on any atom is 0.417 e. The van der Waals surface area contributed by atoms with Crippen LogP contribution in [0.2, 0.25) is 0 Å². The third kappa shape index (κ3) is 4.22. The zero-order chi connectivity index (χ0) is 22.1. The Kier molecular flexibility index (Phi) is 5.69. The molecule has 1 heterocycles. The minimum absolute atomic E-state index is 0.0521. The van der Waals surface area contributed by atoms with Gasteiger partial charge in [-0.3, -0.25) is 9.59 Å². The van der Waals surface area contributed by atoms with Crippen molar-refractivity contribution in [3.8, 4) is 6.07 Å². The number of benzene rings is 2. The van der Waals surface area contributed by atoms with Crippen LogP contribution in [0.15, 0.2) is 42.5 Å². The summed E-state index contributed by atoms with van der Waals surface area (Å²) in [5.74, 6) is -1.03. The van der Waals surface area contributed by atoms with Gasteiger partial charge in [-0.2, -0.15) is 18.4 Å². The fraction of sp³-hybridized carbons (Fsp3) is 0.286. The quantitative estimate of drug-likeness (QED) is 0.833. The Labute approximate surface area is 171 Å². The summed E-state index contributed by atoms with van der Waals surface area (Å²) in [5, 5.41) is 8.96. The topological polar surface area (TPSA) is 90.4 Å². The minimum atomic E-state index is -4.72. The predicted octanol–water partition coefficient (Wildman–Crippen LogP) is 2.70. The second-order valence-corrected chi connectivity index (χ2v) is 7.07. The Bertz CT molecular complexity index is 1030. The first-order chi connectivity index (χ1) is 14.1. The summed E-state index contributed by atoms with van der Waals surface area (Å²) in [6.07, 6.45) is -4.72. The molecule has 0 radical (unpaired) electrons. The second-order valence-electron chi connectivity index (χ2n) is 7.07. The van der Waals surface area contributed by atoms with E-state index in [0.717, 1.165) is 17.7 Å². The predicted molar refractivity (Wildman–Crippen MR) is 104 cm³/mol. The molecule has 1 atom stereocenters. The van der Waals surface area contributed by atoms with Crippen LogP contribution in [0.1, 0.15) is 27.0 Å². The van der Waals surface area contributed by atoms with Gasteiger partial charge in [-0.25, -0.2) is 0 Å². The Hall–Kier alpha value is -3.54. The molecule has 0 aromatic heterocycles. The maximum absolute atomic E-state index is 13.3. The molecular formula is C21H19F3N4O2. The molecule has 30 heavy (non-hydrogen) atoms. The average molecular weight is 416 g/mol. The van der Waals surface area contributed by atoms with Crippen molar-refractivity contribution in [1.29, 1.82) is 5.26 Å². The van der Waals surface area contributed by atoms with Crippen molar-refractivity contribution in [3.05, 3.63) is 64.7 Å². The Morgan fingerprint density at radius 3 is 2.50 bits per heavy atom. The van der Waals surface area contributed by atoms with Gasteiger partial charge in [0, 0.05) is 24.3 Å². The van der Waals surface area contributed by atoms with Crippen molar-refractivity contribution in [1.82, 2.24) is 4.90 Å². The van der Waals surface area contributed by atoms with Gasteiger partial charge >= 0.3 is 6.18 Å². The van der Waals surface area contributed by atoms with Gasteiger partial charge in [0.05, 0.1) is 23.7 Å². The van der Waals surface area contributed by atoms with Crippen LogP contribution in [0.5, 0.6) is 0 Å². The lowest BCUT2D eigenvalue weighted by atomic mass is 10.0. The highest BCUT2D eigenvalue weighted by atomic mass is 19.4. The number of carbonyl (C=O) groups is 2. The van der Waals surface area contributed by atoms with Crippen LogP contribution in [0.25, 0.3) is 0 Å². The van der Waals surface area contributed by atoms with Crippen LogP contribution in [0.4, 0.5) is 18.9 Å². The van der Waals surface area contributed by atoms with Crippen LogP contribution in [0, 0.1) is 18.3 Å². The number of primary amides is 1. The van der Waals surface area contributed by atoms with Crippen LogP contribution < -0.4 is 10.6 Å². The molecule has 0 spiro atoms. The van der Waals surface area contributed by atoms with Crippen LogP contribution >= 0.6 is 0 Å². The number of carbonyl (C=O) groups excluding carboxylic acids is 2. The third-order valence-electron chi connectivity index (χ3n) is 5.02. The number of hydrogen-bond donors (Lipinski definition) is 1. The van der Waals surface area contributed by atoms with Crippen LogP contribution in [-0.4, -0.2) is 42.4 Å². The van der Waals surface area contributed by atoms with Gasteiger partial charge in [-0.05, 0) is 37.3 Å². The fourth-order valence-corrected chi connectivity index (χ4v) is 3.52. The number of amides is 2. The molecule has 156 valence electrons. The smallest absolute Gasteiger partial charge is 0.368 e. The first kappa shape index (κ1) is 21.2. The molecule has 1 fully saturated rings. The largest absolute Gasteiger partial charge is 0.417 e. The molecule has 1 unspecified atom stereocenters. The third-order valence-corrected chi connectivity index (χ3v) is 5.02. The number of anilines is 1. The molecule has 1 aliphatic rings. The lowest BCUT2D eigenvalue weighted by Crippen LogP contribution is -2.59. The minimum Gasteiger partial charge on any atom is -0.368 e. The lowest BCUT2D eigenvalue weighted by molar-refractivity contribution is -0.137. The molecule has 2 amide bonds. The van der Waals surface area contributed by atoms with E-state index in [4.69, 9.17) is 11.0 Å². The molecule has 0 saturated carbocycles. The van der Waals surface area contributed by atoms with E-state index < -0.39 is 29.3 Å². The second kappa shape index (κ2) is 8.06. The molecule has 6 nitrogen and oxygen atoms in total. The molecule has 0 bridgehead atoms. The van der Waals surface area contributed by atoms with E-state index in [0.29, 0.717) is 5.56 Å². The number of alkyl halides is 3. The van der Waals surface area contributed by atoms with Crippen molar-refractivity contribution in [2.24, 2.45) is 5.73 Å². The summed E-state index contributed by atoms with van der Waals surface area (Å²) in [7, 11) is 0. The molecule has 0 aliphatic carbocycles. The van der Waals surface area contributed by atoms with Crippen LogP contribution in [0.3, 0.4) is 0 Å². The molecule has 1 saturated heterocycles. The Morgan fingerprint density at radius 2 is 1.90 bits per heavy atom. The number of aryl methyl sites for hydroxylation is 1. The number of halogens is 3. The number of hydrogen-bond acceptors (Lipinski definition) is 4. The highest BCUT2D eigenvalue weighted by molar-refractivity contribution is 5.95. The summed E-state index contributed by atoms with van der Waals surface area (Å²) in [4.78, 5) is 27.8. The zero-order valence-electron chi connectivity index (χ0n) is 16.1. The molecule has 1 aliphatic heterocycles. The molecule has 3 rings (SSSR count). The van der Waals surface area contributed by atoms with Gasteiger partial charge in [-0.15, -0.1) is 0 Å². The molecule has 2 aromatic rings. The lowest BCUT2D eigenvalue weighted by Gasteiger charge is -2.41. The Balaban J connectivity index is 1.89. The van der Waals surface area contributed by atoms with Crippen molar-refractivity contribution in [3.63, 3.8) is 0 Å². The van der Waals surface area contributed by atoms with E-state index in [9.17, 15) is 22.8 Å². The monoisotopic (exact) mass is 416 g/mol. The number of nitrogens with zero attached hydrogens (tertiary/aromatic N) is 3. The first-order valence-electron chi connectivity index (χ1n) is 9.15. The van der Waals surface area contributed by atoms with E-state index in [1.54, 1.807) is 18.2 Å². The summed E-state index contributed by atoms with van der Waals surface area (Å²) in [5.41, 5.74) is 5.41. The van der Waals surface area contributed by atoms with Gasteiger partial charge in [-0.1, -0.05) is 17.7 Å². The van der Waals surface area contributed by atoms with Crippen LogP contribution in [-0.2, 0) is 11.0 Å². The normalized spacial score (nSPS) is 16.8.